The van der Waals surface area contributed by atoms with Gasteiger partial charge in [0.1, 0.15) is 0 Å². The summed E-state index contributed by atoms with van der Waals surface area (Å²) < 4.78 is 2.40. The molecular weight excluding hydrogens is 316 g/mol. The molecule has 0 aliphatic rings. The molecule has 0 N–H and O–H groups in total. The summed E-state index contributed by atoms with van der Waals surface area (Å²) in [5.41, 5.74) is 5.92. The predicted molar refractivity (Wildman–Crippen MR) is 108 cm³/mol. The average molecular weight is 334 g/mol. The van der Waals surface area contributed by atoms with Crippen LogP contribution in [0.5, 0.6) is 0 Å². The summed E-state index contributed by atoms with van der Waals surface area (Å²) in [6.07, 6.45) is 1.92. The summed E-state index contributed by atoms with van der Waals surface area (Å²) in [7, 11) is 0. The minimum atomic E-state index is 0.830. The van der Waals surface area contributed by atoms with Crippen molar-refractivity contribution >= 4 is 21.8 Å². The molecule has 0 bridgehead atoms. The van der Waals surface area contributed by atoms with Crippen LogP contribution in [0.2, 0.25) is 0 Å². The fraction of sp³-hybridized carbons (Fsp3) is 0.0417. The Labute approximate surface area is 152 Å². The van der Waals surface area contributed by atoms with Gasteiger partial charge in [-0.3, -0.25) is 4.98 Å². The second-order valence-electron chi connectivity index (χ2n) is 6.51. The molecule has 0 saturated carbocycles. The summed E-state index contributed by atoms with van der Waals surface area (Å²) in [6.45, 7) is 0.830. The highest BCUT2D eigenvalue weighted by molar-refractivity contribution is 6.11. The highest BCUT2D eigenvalue weighted by Crippen LogP contribution is 2.34. The highest BCUT2D eigenvalue weighted by atomic mass is 15.0. The second-order valence-corrected chi connectivity index (χ2v) is 6.51. The van der Waals surface area contributed by atoms with E-state index in [1.54, 1.807) is 0 Å². The molecule has 2 nitrogen and oxygen atoms in total. The van der Waals surface area contributed by atoms with Crippen molar-refractivity contribution < 1.29 is 0 Å². The first kappa shape index (κ1) is 14.9. The number of para-hydroxylation sites is 1. The monoisotopic (exact) mass is 334 g/mol. The molecule has 0 unspecified atom stereocenters. The lowest BCUT2D eigenvalue weighted by atomic mass is 10.1. The maximum Gasteiger partial charge on any atom is 0.0945 e. The zero-order valence-electron chi connectivity index (χ0n) is 14.3. The minimum Gasteiger partial charge on any atom is -0.334 e. The van der Waals surface area contributed by atoms with Crippen LogP contribution in [0.15, 0.2) is 97.2 Å². The fourth-order valence-corrected chi connectivity index (χ4v) is 3.74. The number of nitrogens with zero attached hydrogens (tertiary/aromatic N) is 2. The number of hydrogen-bond donors (Lipinski definition) is 0. The van der Waals surface area contributed by atoms with E-state index in [0.717, 1.165) is 17.8 Å². The minimum absolute atomic E-state index is 0.830. The molecule has 124 valence electrons. The van der Waals surface area contributed by atoms with Crippen LogP contribution in [0.3, 0.4) is 0 Å². The van der Waals surface area contributed by atoms with E-state index in [1.165, 1.54) is 27.4 Å². The van der Waals surface area contributed by atoms with Gasteiger partial charge in [0.25, 0.3) is 0 Å². The average Bonchev–Trinajstić information content (AvgIpc) is 3.04. The topological polar surface area (TPSA) is 17.8 Å². The molecule has 5 aromatic rings. The summed E-state index contributed by atoms with van der Waals surface area (Å²) >= 11 is 0. The van der Waals surface area contributed by atoms with E-state index in [2.05, 4.69) is 89.5 Å². The van der Waals surface area contributed by atoms with Crippen LogP contribution in [0, 0.1) is 0 Å². The molecule has 26 heavy (non-hydrogen) atoms. The predicted octanol–water partition coefficient (Wildman–Crippen LogP) is 5.90. The third kappa shape index (κ3) is 2.39. The maximum atomic E-state index is 4.75. The smallest absolute Gasteiger partial charge is 0.0945 e. The first-order valence-electron chi connectivity index (χ1n) is 8.87. The summed E-state index contributed by atoms with van der Waals surface area (Å²) in [6, 6.07) is 31.8. The van der Waals surface area contributed by atoms with Crippen LogP contribution < -0.4 is 0 Å². The van der Waals surface area contributed by atoms with E-state index in [9.17, 15) is 0 Å². The lowest BCUT2D eigenvalue weighted by Crippen LogP contribution is -2.01. The first-order chi connectivity index (χ1) is 12.9. The van der Waals surface area contributed by atoms with Crippen LogP contribution in [0.4, 0.5) is 0 Å². The normalized spacial score (nSPS) is 11.2. The van der Waals surface area contributed by atoms with Crippen molar-refractivity contribution in [1.29, 1.82) is 0 Å². The molecular formula is C24H18N2. The Morgan fingerprint density at radius 1 is 0.654 bits per heavy atom. The number of benzene rings is 3. The van der Waals surface area contributed by atoms with Crippen LogP contribution in [-0.4, -0.2) is 9.55 Å². The Morgan fingerprint density at radius 2 is 1.35 bits per heavy atom. The fourth-order valence-electron chi connectivity index (χ4n) is 3.74. The van der Waals surface area contributed by atoms with Crippen molar-refractivity contribution in [3.8, 4) is 11.3 Å². The summed E-state index contributed by atoms with van der Waals surface area (Å²) in [5.74, 6) is 0. The van der Waals surface area contributed by atoms with Crippen molar-refractivity contribution in [3.63, 3.8) is 0 Å². The Bertz CT molecular complexity index is 1190. The molecule has 0 amide bonds. The summed E-state index contributed by atoms with van der Waals surface area (Å²) in [5, 5.41) is 2.53. The van der Waals surface area contributed by atoms with Crippen molar-refractivity contribution in [2.24, 2.45) is 0 Å². The molecule has 0 fully saturated rings. The molecule has 0 saturated heterocycles. The standard InChI is InChI=1S/C24H18N2/c1-3-9-18(10-4-1)17-26-22-14-8-7-13-20(22)21-15-16-25-23(24(21)26)19-11-5-2-6-12-19/h1-16H,17H2. The lowest BCUT2D eigenvalue weighted by molar-refractivity contribution is 0.868. The third-order valence-electron chi connectivity index (χ3n) is 4.91. The zero-order valence-corrected chi connectivity index (χ0v) is 14.3. The lowest BCUT2D eigenvalue weighted by Gasteiger charge is -2.11. The molecule has 2 heterocycles. The molecule has 0 spiro atoms. The van der Waals surface area contributed by atoms with Crippen LogP contribution in [0.1, 0.15) is 5.56 Å². The second kappa shape index (κ2) is 6.16. The van der Waals surface area contributed by atoms with Crippen LogP contribution in [-0.2, 0) is 6.54 Å². The Hall–Kier alpha value is -3.39. The van der Waals surface area contributed by atoms with Gasteiger partial charge < -0.3 is 4.57 Å². The Morgan fingerprint density at radius 3 is 2.15 bits per heavy atom. The SMILES string of the molecule is c1ccc(Cn2c3ccccc3c3ccnc(-c4ccccc4)c32)cc1. The molecule has 0 aliphatic heterocycles. The van der Waals surface area contributed by atoms with Crippen molar-refractivity contribution in [3.05, 3.63) is 103 Å². The number of pyridine rings is 1. The molecule has 0 aliphatic carbocycles. The number of hydrogen-bond acceptors (Lipinski definition) is 1. The van der Waals surface area contributed by atoms with Gasteiger partial charge in [0.2, 0.25) is 0 Å². The molecule has 5 rings (SSSR count). The Balaban J connectivity index is 1.85. The van der Waals surface area contributed by atoms with E-state index in [4.69, 9.17) is 4.98 Å². The number of fused-ring (bicyclic) bond motifs is 3. The number of rotatable bonds is 3. The third-order valence-corrected chi connectivity index (χ3v) is 4.91. The maximum absolute atomic E-state index is 4.75. The highest BCUT2D eigenvalue weighted by Gasteiger charge is 2.15. The van der Waals surface area contributed by atoms with Gasteiger partial charge in [-0.2, -0.15) is 0 Å². The van der Waals surface area contributed by atoms with E-state index in [0.29, 0.717) is 0 Å². The van der Waals surface area contributed by atoms with Gasteiger partial charge in [0, 0.05) is 34.6 Å². The number of aromatic nitrogens is 2. The molecule has 2 heteroatoms. The van der Waals surface area contributed by atoms with Gasteiger partial charge in [0.05, 0.1) is 11.2 Å². The van der Waals surface area contributed by atoms with Gasteiger partial charge in [-0.05, 0) is 17.7 Å². The van der Waals surface area contributed by atoms with Crippen molar-refractivity contribution in [2.75, 3.05) is 0 Å². The molecule has 0 radical (unpaired) electrons. The van der Waals surface area contributed by atoms with E-state index < -0.39 is 0 Å². The van der Waals surface area contributed by atoms with Crippen LogP contribution in [0.25, 0.3) is 33.1 Å². The van der Waals surface area contributed by atoms with E-state index in [1.807, 2.05) is 12.3 Å². The van der Waals surface area contributed by atoms with Crippen LogP contribution >= 0.6 is 0 Å². The van der Waals surface area contributed by atoms with Gasteiger partial charge in [-0.15, -0.1) is 0 Å². The zero-order chi connectivity index (χ0) is 17.3. The molecule has 2 aromatic heterocycles. The van der Waals surface area contributed by atoms with E-state index >= 15 is 0 Å². The largest absolute Gasteiger partial charge is 0.334 e. The summed E-state index contributed by atoms with van der Waals surface area (Å²) in [4.78, 5) is 4.75. The quantitative estimate of drug-likeness (QED) is 0.401. The van der Waals surface area contributed by atoms with Crippen molar-refractivity contribution in [1.82, 2.24) is 9.55 Å². The van der Waals surface area contributed by atoms with Crippen molar-refractivity contribution in [2.45, 2.75) is 6.54 Å². The first-order valence-corrected chi connectivity index (χ1v) is 8.87. The molecule has 3 aromatic carbocycles. The Kier molecular flexibility index (Phi) is 3.53. The van der Waals surface area contributed by atoms with Gasteiger partial charge in [0.15, 0.2) is 0 Å². The molecule has 0 atom stereocenters. The van der Waals surface area contributed by atoms with Gasteiger partial charge in [-0.25, -0.2) is 0 Å². The van der Waals surface area contributed by atoms with Gasteiger partial charge in [-0.1, -0.05) is 78.9 Å². The van der Waals surface area contributed by atoms with E-state index in [-0.39, 0.29) is 0 Å². The van der Waals surface area contributed by atoms with Gasteiger partial charge >= 0.3 is 0 Å².